The van der Waals surface area contributed by atoms with Crippen LogP contribution in [-0.2, 0) is 20.6 Å². The number of para-hydroxylation sites is 1. The van der Waals surface area contributed by atoms with E-state index in [1.807, 2.05) is 24.3 Å². The van der Waals surface area contributed by atoms with Gasteiger partial charge in [0.15, 0.2) is 17.1 Å². The first-order valence-corrected chi connectivity index (χ1v) is 7.86. The maximum absolute atomic E-state index is 12.1. The summed E-state index contributed by atoms with van der Waals surface area (Å²) in [6.45, 7) is 1.42. The molecular formula is C17H18N4O4. The van der Waals surface area contributed by atoms with E-state index in [2.05, 4.69) is 5.32 Å². The number of hydrogen-bond donors (Lipinski definition) is 1. The topological polar surface area (TPSA) is 98.3 Å². The van der Waals surface area contributed by atoms with Gasteiger partial charge in [0, 0.05) is 32.6 Å². The molecule has 1 aliphatic rings. The summed E-state index contributed by atoms with van der Waals surface area (Å²) in [5, 5.41) is 12.3. The van der Waals surface area contributed by atoms with Crippen molar-refractivity contribution in [3.63, 3.8) is 0 Å². The zero-order chi connectivity index (χ0) is 18.0. The Kier molecular flexibility index (Phi) is 4.48. The fourth-order valence-electron chi connectivity index (χ4n) is 2.72. The van der Waals surface area contributed by atoms with Crippen molar-refractivity contribution in [3.05, 3.63) is 50.2 Å². The Morgan fingerprint density at radius 2 is 1.96 bits per heavy atom. The summed E-state index contributed by atoms with van der Waals surface area (Å²) >= 11 is 0. The predicted molar refractivity (Wildman–Crippen MR) is 91.0 cm³/mol. The van der Waals surface area contributed by atoms with Crippen molar-refractivity contribution in [2.75, 3.05) is 18.5 Å². The van der Waals surface area contributed by atoms with Crippen LogP contribution in [0, 0.1) is 11.3 Å². The van der Waals surface area contributed by atoms with Crippen LogP contribution >= 0.6 is 0 Å². The number of benzene rings is 1. The smallest absolute Gasteiger partial charge is 0.332 e. The number of ether oxygens (including phenoxy) is 2. The monoisotopic (exact) mass is 342 g/mol. The van der Waals surface area contributed by atoms with Crippen LogP contribution in [0.25, 0.3) is 0 Å². The Balaban J connectivity index is 1.98. The number of nitrogens with one attached hydrogen (secondary N) is 1. The molecule has 130 valence electrons. The summed E-state index contributed by atoms with van der Waals surface area (Å²) in [5.74, 6) is 1.48. The highest BCUT2D eigenvalue weighted by atomic mass is 16.5. The molecule has 0 spiro atoms. The maximum atomic E-state index is 12.1. The first-order chi connectivity index (χ1) is 12.0. The van der Waals surface area contributed by atoms with Gasteiger partial charge in [-0.1, -0.05) is 12.1 Å². The number of rotatable bonds is 3. The molecule has 0 saturated heterocycles. The third kappa shape index (κ3) is 2.96. The van der Waals surface area contributed by atoms with E-state index in [9.17, 15) is 14.9 Å². The molecule has 0 aliphatic carbocycles. The minimum absolute atomic E-state index is 0.108. The van der Waals surface area contributed by atoms with Gasteiger partial charge < -0.3 is 14.8 Å². The van der Waals surface area contributed by atoms with Gasteiger partial charge in [-0.05, 0) is 6.07 Å². The minimum atomic E-state index is -0.625. The third-order valence-corrected chi connectivity index (χ3v) is 4.08. The number of hydrogen-bond acceptors (Lipinski definition) is 6. The lowest BCUT2D eigenvalue weighted by Gasteiger charge is -2.16. The average molecular weight is 342 g/mol. The molecule has 2 heterocycles. The number of fused-ring (bicyclic) bond motifs is 1. The lowest BCUT2D eigenvalue weighted by atomic mass is 10.1. The van der Waals surface area contributed by atoms with E-state index in [0.29, 0.717) is 24.7 Å². The van der Waals surface area contributed by atoms with Crippen LogP contribution in [0.1, 0.15) is 17.5 Å². The van der Waals surface area contributed by atoms with Gasteiger partial charge in [-0.25, -0.2) is 4.79 Å². The van der Waals surface area contributed by atoms with Crippen molar-refractivity contribution in [2.24, 2.45) is 14.1 Å². The van der Waals surface area contributed by atoms with E-state index in [-0.39, 0.29) is 17.9 Å². The fraction of sp³-hybridized carbons (Fsp3) is 0.353. The number of anilines is 1. The summed E-state index contributed by atoms with van der Waals surface area (Å²) in [6, 6.07) is 7.41. The summed E-state index contributed by atoms with van der Waals surface area (Å²) in [4.78, 5) is 24.2. The molecule has 0 amide bonds. The highest BCUT2D eigenvalue weighted by molar-refractivity contribution is 5.53. The van der Waals surface area contributed by atoms with Gasteiger partial charge in [0.2, 0.25) is 0 Å². The van der Waals surface area contributed by atoms with Crippen LogP contribution in [0.5, 0.6) is 11.5 Å². The molecule has 3 rings (SSSR count). The SMILES string of the molecule is Cn1c(NCc2cccc3c2OCCCO3)c(C#N)c(=O)n(C)c1=O. The fourth-order valence-corrected chi connectivity index (χ4v) is 2.72. The van der Waals surface area contributed by atoms with E-state index in [4.69, 9.17) is 9.47 Å². The van der Waals surface area contributed by atoms with Crippen LogP contribution < -0.4 is 26.0 Å². The maximum Gasteiger partial charge on any atom is 0.332 e. The summed E-state index contributed by atoms with van der Waals surface area (Å²) in [6.07, 6.45) is 0.795. The lowest BCUT2D eigenvalue weighted by molar-refractivity contribution is 0.296. The first-order valence-electron chi connectivity index (χ1n) is 7.86. The summed E-state index contributed by atoms with van der Waals surface area (Å²) in [7, 11) is 2.85. The van der Waals surface area contributed by atoms with Crippen LogP contribution in [0.4, 0.5) is 5.82 Å². The van der Waals surface area contributed by atoms with E-state index < -0.39 is 11.2 Å². The molecule has 0 bridgehead atoms. The summed E-state index contributed by atoms with van der Waals surface area (Å²) < 4.78 is 13.6. The Morgan fingerprint density at radius 3 is 2.72 bits per heavy atom. The quantitative estimate of drug-likeness (QED) is 0.883. The first kappa shape index (κ1) is 16.6. The second kappa shape index (κ2) is 6.73. The molecule has 1 aromatic heterocycles. The number of nitrogens with zero attached hydrogens (tertiary/aromatic N) is 3. The Hall–Kier alpha value is -3.21. The number of nitriles is 1. The molecule has 0 fully saturated rings. The molecule has 8 heteroatoms. The standard InChI is InChI=1S/C17H18N4O4/c1-20-15(12(9-18)16(22)21(2)17(20)23)19-10-11-5-3-6-13-14(11)25-8-4-7-24-13/h3,5-6,19H,4,7-8,10H2,1-2H3. The van der Waals surface area contributed by atoms with Gasteiger partial charge in [0.1, 0.15) is 11.9 Å². The zero-order valence-electron chi connectivity index (χ0n) is 14.0. The molecular weight excluding hydrogens is 324 g/mol. The molecule has 1 aliphatic heterocycles. The predicted octanol–water partition coefficient (Wildman–Crippen LogP) is 0.729. The Morgan fingerprint density at radius 1 is 1.20 bits per heavy atom. The zero-order valence-corrected chi connectivity index (χ0v) is 14.0. The normalized spacial score (nSPS) is 13.0. The molecule has 0 atom stereocenters. The summed E-state index contributed by atoms with van der Waals surface area (Å²) in [5.41, 5.74) is -0.419. The molecule has 0 saturated carbocycles. The van der Waals surface area contributed by atoms with Crippen molar-refractivity contribution in [3.8, 4) is 17.6 Å². The Labute approximate surface area is 143 Å². The van der Waals surface area contributed by atoms with E-state index in [0.717, 1.165) is 16.6 Å². The van der Waals surface area contributed by atoms with E-state index in [1.54, 1.807) is 0 Å². The number of aromatic nitrogens is 2. The highest BCUT2D eigenvalue weighted by Crippen LogP contribution is 2.33. The molecule has 25 heavy (non-hydrogen) atoms. The molecule has 1 N–H and O–H groups in total. The van der Waals surface area contributed by atoms with Gasteiger partial charge in [-0.2, -0.15) is 5.26 Å². The van der Waals surface area contributed by atoms with Crippen LogP contribution in [0.3, 0.4) is 0 Å². The van der Waals surface area contributed by atoms with E-state index in [1.165, 1.54) is 18.7 Å². The average Bonchev–Trinajstić information content (AvgIpc) is 2.87. The Bertz CT molecular complexity index is 968. The van der Waals surface area contributed by atoms with Crippen LogP contribution in [0.2, 0.25) is 0 Å². The van der Waals surface area contributed by atoms with Crippen LogP contribution in [0.15, 0.2) is 27.8 Å². The molecule has 1 aromatic carbocycles. The second-order valence-corrected chi connectivity index (χ2v) is 5.69. The van der Waals surface area contributed by atoms with Crippen molar-refractivity contribution in [1.29, 1.82) is 5.26 Å². The van der Waals surface area contributed by atoms with Gasteiger partial charge >= 0.3 is 5.69 Å². The van der Waals surface area contributed by atoms with Crippen molar-refractivity contribution in [1.82, 2.24) is 9.13 Å². The van der Waals surface area contributed by atoms with Crippen LogP contribution in [-0.4, -0.2) is 22.3 Å². The minimum Gasteiger partial charge on any atom is -0.490 e. The largest absolute Gasteiger partial charge is 0.490 e. The highest BCUT2D eigenvalue weighted by Gasteiger charge is 2.18. The molecule has 2 aromatic rings. The lowest BCUT2D eigenvalue weighted by Crippen LogP contribution is -2.39. The van der Waals surface area contributed by atoms with Crippen molar-refractivity contribution >= 4 is 5.82 Å². The van der Waals surface area contributed by atoms with Gasteiger partial charge in [-0.15, -0.1) is 0 Å². The molecule has 0 unspecified atom stereocenters. The van der Waals surface area contributed by atoms with Gasteiger partial charge in [0.25, 0.3) is 5.56 Å². The van der Waals surface area contributed by atoms with Gasteiger partial charge in [-0.3, -0.25) is 13.9 Å². The van der Waals surface area contributed by atoms with Crippen molar-refractivity contribution < 1.29 is 9.47 Å². The van der Waals surface area contributed by atoms with E-state index >= 15 is 0 Å². The molecule has 8 nitrogen and oxygen atoms in total. The third-order valence-electron chi connectivity index (χ3n) is 4.08. The molecule has 0 radical (unpaired) electrons. The van der Waals surface area contributed by atoms with Crippen molar-refractivity contribution in [2.45, 2.75) is 13.0 Å². The van der Waals surface area contributed by atoms with Gasteiger partial charge in [0.05, 0.1) is 13.2 Å². The second-order valence-electron chi connectivity index (χ2n) is 5.69.